The van der Waals surface area contributed by atoms with Gasteiger partial charge in [0.2, 0.25) is 0 Å². The number of carbonyl (C=O) groups excluding carboxylic acids is 1. The van der Waals surface area contributed by atoms with Crippen LogP contribution in [0.1, 0.15) is 47.0 Å². The zero-order chi connectivity index (χ0) is 11.6. The molecule has 0 aromatic heterocycles. The van der Waals surface area contributed by atoms with Gasteiger partial charge in [-0.1, -0.05) is 6.92 Å². The van der Waals surface area contributed by atoms with Crippen molar-refractivity contribution in [3.63, 3.8) is 0 Å². The topological polar surface area (TPSA) is 26.3 Å². The van der Waals surface area contributed by atoms with E-state index in [2.05, 4.69) is 6.92 Å². The van der Waals surface area contributed by atoms with Crippen LogP contribution in [0.2, 0.25) is 0 Å². The minimum atomic E-state index is -0.393. The average Bonchev–Trinajstić information content (AvgIpc) is 2.06. The Morgan fingerprint density at radius 2 is 1.93 bits per heavy atom. The van der Waals surface area contributed by atoms with Gasteiger partial charge in [0.15, 0.2) is 0 Å². The van der Waals surface area contributed by atoms with Crippen LogP contribution >= 0.6 is 11.6 Å². The van der Waals surface area contributed by atoms with Gasteiger partial charge in [-0.05, 0) is 46.0 Å². The molecule has 0 saturated heterocycles. The van der Waals surface area contributed by atoms with E-state index in [9.17, 15) is 4.79 Å². The summed E-state index contributed by atoms with van der Waals surface area (Å²) in [6, 6.07) is 0. The number of halogens is 1. The van der Waals surface area contributed by atoms with Crippen LogP contribution in [0.25, 0.3) is 0 Å². The van der Waals surface area contributed by atoms with E-state index >= 15 is 0 Å². The van der Waals surface area contributed by atoms with Crippen LogP contribution in [0.4, 0.5) is 0 Å². The first-order valence-corrected chi connectivity index (χ1v) is 6.10. The van der Waals surface area contributed by atoms with Crippen LogP contribution in [-0.4, -0.2) is 16.9 Å². The van der Waals surface area contributed by atoms with Crippen molar-refractivity contribution in [2.75, 3.05) is 0 Å². The van der Waals surface area contributed by atoms with Crippen LogP contribution in [0, 0.1) is 11.8 Å². The van der Waals surface area contributed by atoms with Crippen LogP contribution in [-0.2, 0) is 9.53 Å². The molecule has 0 amide bonds. The Kier molecular flexibility index (Phi) is 4.05. The predicted molar refractivity (Wildman–Crippen MR) is 62.0 cm³/mol. The van der Waals surface area contributed by atoms with Gasteiger partial charge in [-0.2, -0.15) is 0 Å². The smallest absolute Gasteiger partial charge is 0.309 e. The van der Waals surface area contributed by atoms with E-state index in [0.29, 0.717) is 5.92 Å². The number of alkyl halides is 1. The zero-order valence-electron chi connectivity index (χ0n) is 10.0. The van der Waals surface area contributed by atoms with Crippen molar-refractivity contribution in [2.45, 2.75) is 57.9 Å². The van der Waals surface area contributed by atoms with Crippen LogP contribution in [0.15, 0.2) is 0 Å². The largest absolute Gasteiger partial charge is 0.460 e. The molecule has 0 aromatic carbocycles. The fourth-order valence-corrected chi connectivity index (χ4v) is 2.29. The molecular formula is C12H21ClO2. The summed E-state index contributed by atoms with van der Waals surface area (Å²) >= 11 is 6.08. The Bertz CT molecular complexity index is 232. The quantitative estimate of drug-likeness (QED) is 0.512. The summed E-state index contributed by atoms with van der Waals surface area (Å²) in [6.45, 7) is 7.81. The molecule has 2 nitrogen and oxygen atoms in total. The second-order valence-corrected chi connectivity index (χ2v) is 6.14. The molecule has 0 aromatic rings. The molecule has 0 spiro atoms. The molecule has 1 fully saturated rings. The van der Waals surface area contributed by atoms with Gasteiger partial charge >= 0.3 is 5.97 Å². The molecule has 0 aliphatic heterocycles. The van der Waals surface area contributed by atoms with Crippen LogP contribution in [0.5, 0.6) is 0 Å². The summed E-state index contributed by atoms with van der Waals surface area (Å²) in [7, 11) is 0. The number of rotatable bonds is 1. The summed E-state index contributed by atoms with van der Waals surface area (Å²) in [5.74, 6) is 0.302. The molecule has 1 rings (SSSR count). The van der Waals surface area contributed by atoms with Crippen molar-refractivity contribution in [2.24, 2.45) is 11.8 Å². The fraction of sp³-hybridized carbons (Fsp3) is 0.917. The molecule has 1 aliphatic rings. The molecule has 0 unspecified atom stereocenters. The molecule has 15 heavy (non-hydrogen) atoms. The van der Waals surface area contributed by atoms with E-state index < -0.39 is 5.60 Å². The van der Waals surface area contributed by atoms with Gasteiger partial charge in [-0.25, -0.2) is 0 Å². The highest BCUT2D eigenvalue weighted by molar-refractivity contribution is 6.20. The second kappa shape index (κ2) is 4.73. The van der Waals surface area contributed by atoms with Crippen LogP contribution < -0.4 is 0 Å². The Labute approximate surface area is 97.3 Å². The van der Waals surface area contributed by atoms with Gasteiger partial charge in [-0.15, -0.1) is 11.6 Å². The van der Waals surface area contributed by atoms with Gasteiger partial charge < -0.3 is 4.74 Å². The molecule has 0 N–H and O–H groups in total. The molecule has 0 heterocycles. The van der Waals surface area contributed by atoms with Crippen molar-refractivity contribution >= 4 is 17.6 Å². The number of hydrogen-bond donors (Lipinski definition) is 0. The number of esters is 1. The molecule has 0 radical (unpaired) electrons. The Balaban J connectivity index is 2.57. The average molecular weight is 233 g/mol. The first kappa shape index (κ1) is 12.8. The van der Waals surface area contributed by atoms with Crippen LogP contribution in [0.3, 0.4) is 0 Å². The van der Waals surface area contributed by atoms with Crippen molar-refractivity contribution < 1.29 is 9.53 Å². The molecule has 0 bridgehead atoms. The van der Waals surface area contributed by atoms with E-state index in [1.165, 1.54) is 0 Å². The first-order valence-electron chi connectivity index (χ1n) is 5.66. The SMILES string of the molecule is C[C@H]1CC[C@H](Cl)C[C@H]1C(=O)OC(C)(C)C. The maximum atomic E-state index is 11.9. The van der Waals surface area contributed by atoms with Crippen molar-refractivity contribution in [1.82, 2.24) is 0 Å². The normalized spacial score (nSPS) is 32.5. The maximum Gasteiger partial charge on any atom is 0.309 e. The lowest BCUT2D eigenvalue weighted by Gasteiger charge is -2.32. The number of ether oxygens (including phenoxy) is 1. The summed E-state index contributed by atoms with van der Waals surface area (Å²) in [4.78, 5) is 11.9. The van der Waals surface area contributed by atoms with E-state index in [-0.39, 0.29) is 17.3 Å². The van der Waals surface area contributed by atoms with Crippen molar-refractivity contribution in [1.29, 1.82) is 0 Å². The third-order valence-corrected chi connectivity index (χ3v) is 3.24. The van der Waals surface area contributed by atoms with Gasteiger partial charge in [-0.3, -0.25) is 4.79 Å². The molecule has 88 valence electrons. The Hall–Kier alpha value is -0.240. The van der Waals surface area contributed by atoms with Gasteiger partial charge in [0.25, 0.3) is 0 Å². The van der Waals surface area contributed by atoms with E-state index in [4.69, 9.17) is 16.3 Å². The number of carbonyl (C=O) groups is 1. The molecular weight excluding hydrogens is 212 g/mol. The zero-order valence-corrected chi connectivity index (χ0v) is 10.8. The summed E-state index contributed by atoms with van der Waals surface area (Å²) in [6.07, 6.45) is 2.80. The lowest BCUT2D eigenvalue weighted by atomic mass is 9.80. The summed E-state index contributed by atoms with van der Waals surface area (Å²) in [5.41, 5.74) is -0.393. The third kappa shape index (κ3) is 4.02. The molecule has 3 heteroatoms. The molecule has 1 saturated carbocycles. The third-order valence-electron chi connectivity index (χ3n) is 2.84. The Morgan fingerprint density at radius 3 is 2.47 bits per heavy atom. The van der Waals surface area contributed by atoms with Crippen molar-refractivity contribution in [3.05, 3.63) is 0 Å². The highest BCUT2D eigenvalue weighted by Crippen LogP contribution is 2.34. The lowest BCUT2D eigenvalue weighted by molar-refractivity contribution is -0.162. The molecule has 1 aliphatic carbocycles. The van der Waals surface area contributed by atoms with Crippen molar-refractivity contribution in [3.8, 4) is 0 Å². The fourth-order valence-electron chi connectivity index (χ4n) is 1.98. The minimum Gasteiger partial charge on any atom is -0.460 e. The Morgan fingerprint density at radius 1 is 1.33 bits per heavy atom. The maximum absolute atomic E-state index is 11.9. The lowest BCUT2D eigenvalue weighted by Crippen LogP contribution is -2.35. The van der Waals surface area contributed by atoms with Gasteiger partial charge in [0.05, 0.1) is 5.92 Å². The molecule has 3 atom stereocenters. The monoisotopic (exact) mass is 232 g/mol. The number of hydrogen-bond acceptors (Lipinski definition) is 2. The van der Waals surface area contributed by atoms with E-state index in [1.807, 2.05) is 20.8 Å². The van der Waals surface area contributed by atoms with E-state index in [0.717, 1.165) is 19.3 Å². The second-order valence-electron chi connectivity index (χ2n) is 5.53. The minimum absolute atomic E-state index is 0.0134. The summed E-state index contributed by atoms with van der Waals surface area (Å²) < 4.78 is 5.40. The summed E-state index contributed by atoms with van der Waals surface area (Å²) in [5, 5.41) is 0.138. The van der Waals surface area contributed by atoms with Gasteiger partial charge in [0, 0.05) is 5.38 Å². The first-order chi connectivity index (χ1) is 6.79. The van der Waals surface area contributed by atoms with E-state index in [1.54, 1.807) is 0 Å². The highest BCUT2D eigenvalue weighted by atomic mass is 35.5. The standard InChI is InChI=1S/C12H21ClO2/c1-8-5-6-9(13)7-10(8)11(14)15-12(2,3)4/h8-10H,5-7H2,1-4H3/t8-,9-,10+/m0/s1. The van der Waals surface area contributed by atoms with Gasteiger partial charge in [0.1, 0.15) is 5.60 Å². The highest BCUT2D eigenvalue weighted by Gasteiger charge is 2.34. The predicted octanol–water partition coefficient (Wildman–Crippen LogP) is 3.37.